The van der Waals surface area contributed by atoms with Crippen LogP contribution in [0.15, 0.2) is 48.7 Å². The van der Waals surface area contributed by atoms with Gasteiger partial charge in [-0.2, -0.15) is 0 Å². The van der Waals surface area contributed by atoms with Crippen LogP contribution in [-0.2, 0) is 22.4 Å². The second kappa shape index (κ2) is 7.93. The Morgan fingerprint density at radius 3 is 2.55 bits per heavy atom. The van der Waals surface area contributed by atoms with E-state index in [2.05, 4.69) is 15.6 Å². The van der Waals surface area contributed by atoms with Crippen molar-refractivity contribution in [3.8, 4) is 0 Å². The Hall–Kier alpha value is -2.69. The number of amides is 2. The largest absolute Gasteiger partial charge is 0.347 e. The molecule has 0 atom stereocenters. The van der Waals surface area contributed by atoms with Crippen LogP contribution in [0.25, 0.3) is 0 Å². The first kappa shape index (κ1) is 15.7. The molecule has 0 aliphatic rings. The van der Waals surface area contributed by atoms with Gasteiger partial charge >= 0.3 is 11.8 Å². The molecule has 5 nitrogen and oxygen atoms in total. The molecule has 0 bridgehead atoms. The van der Waals surface area contributed by atoms with Crippen molar-refractivity contribution in [3.63, 3.8) is 0 Å². The zero-order chi connectivity index (χ0) is 15.8. The number of nitrogens with zero attached hydrogens (tertiary/aromatic N) is 1. The van der Waals surface area contributed by atoms with Gasteiger partial charge in [0.2, 0.25) is 0 Å². The van der Waals surface area contributed by atoms with Gasteiger partial charge in [-0.15, -0.1) is 0 Å². The number of rotatable bonds is 5. The van der Waals surface area contributed by atoms with Crippen molar-refractivity contribution >= 4 is 17.5 Å². The zero-order valence-corrected chi connectivity index (χ0v) is 12.5. The van der Waals surface area contributed by atoms with Crippen LogP contribution in [0.4, 0.5) is 5.69 Å². The number of aromatic nitrogens is 1. The number of pyridine rings is 1. The topological polar surface area (TPSA) is 71.1 Å². The standard InChI is InChI=1S/C17H19N3O2/c1-2-13-7-3-4-9-15(13)20-17(22)16(21)19-12-10-14-8-5-6-11-18-14/h3-9,11H,2,10,12H2,1H3,(H,19,21)(H,20,22). The van der Waals surface area contributed by atoms with Gasteiger partial charge in [0.25, 0.3) is 0 Å². The summed E-state index contributed by atoms with van der Waals surface area (Å²) in [5.41, 5.74) is 2.55. The van der Waals surface area contributed by atoms with Crippen LogP contribution >= 0.6 is 0 Å². The van der Waals surface area contributed by atoms with Crippen molar-refractivity contribution in [3.05, 3.63) is 59.9 Å². The molecule has 5 heteroatoms. The Morgan fingerprint density at radius 2 is 1.82 bits per heavy atom. The first-order valence-electron chi connectivity index (χ1n) is 7.27. The number of aryl methyl sites for hydroxylation is 1. The van der Waals surface area contributed by atoms with Crippen molar-refractivity contribution in [2.45, 2.75) is 19.8 Å². The van der Waals surface area contributed by atoms with Gasteiger partial charge in [0.05, 0.1) is 0 Å². The minimum atomic E-state index is -0.651. The molecule has 2 aromatic rings. The molecule has 1 aromatic carbocycles. The van der Waals surface area contributed by atoms with E-state index in [9.17, 15) is 9.59 Å². The van der Waals surface area contributed by atoms with E-state index in [1.165, 1.54) is 0 Å². The van der Waals surface area contributed by atoms with Gasteiger partial charge < -0.3 is 10.6 Å². The summed E-state index contributed by atoms with van der Waals surface area (Å²) in [5.74, 6) is -1.29. The van der Waals surface area contributed by atoms with Gasteiger partial charge in [-0.1, -0.05) is 31.2 Å². The predicted octanol–water partition coefficient (Wildman–Crippen LogP) is 1.94. The molecule has 2 amide bonds. The number of carbonyl (C=O) groups is 2. The molecule has 22 heavy (non-hydrogen) atoms. The lowest BCUT2D eigenvalue weighted by Gasteiger charge is -2.09. The van der Waals surface area contributed by atoms with Crippen molar-refractivity contribution in [2.75, 3.05) is 11.9 Å². The van der Waals surface area contributed by atoms with E-state index in [0.717, 1.165) is 17.7 Å². The lowest BCUT2D eigenvalue weighted by Crippen LogP contribution is -2.36. The fraction of sp³-hybridized carbons (Fsp3) is 0.235. The monoisotopic (exact) mass is 297 g/mol. The number of hydrogen-bond acceptors (Lipinski definition) is 3. The smallest absolute Gasteiger partial charge is 0.313 e. The quantitative estimate of drug-likeness (QED) is 0.829. The maximum absolute atomic E-state index is 11.9. The number of para-hydroxylation sites is 1. The Labute approximate surface area is 129 Å². The SMILES string of the molecule is CCc1ccccc1NC(=O)C(=O)NCCc1ccccn1. The van der Waals surface area contributed by atoms with E-state index >= 15 is 0 Å². The van der Waals surface area contributed by atoms with Crippen LogP contribution in [0, 0.1) is 0 Å². The molecule has 0 radical (unpaired) electrons. The fourth-order valence-corrected chi connectivity index (χ4v) is 2.06. The molecule has 0 spiro atoms. The van der Waals surface area contributed by atoms with Crippen molar-refractivity contribution in [2.24, 2.45) is 0 Å². The normalized spacial score (nSPS) is 10.0. The van der Waals surface area contributed by atoms with Crippen LogP contribution < -0.4 is 10.6 Å². The molecular formula is C17H19N3O2. The summed E-state index contributed by atoms with van der Waals surface area (Å²) in [6, 6.07) is 13.0. The van der Waals surface area contributed by atoms with Gasteiger partial charge in [0.1, 0.15) is 0 Å². The summed E-state index contributed by atoms with van der Waals surface area (Å²) < 4.78 is 0. The lowest BCUT2D eigenvalue weighted by atomic mass is 10.1. The minimum Gasteiger partial charge on any atom is -0.347 e. The van der Waals surface area contributed by atoms with Gasteiger partial charge in [0.15, 0.2) is 0 Å². The maximum atomic E-state index is 11.9. The zero-order valence-electron chi connectivity index (χ0n) is 12.5. The van der Waals surface area contributed by atoms with Crippen molar-refractivity contribution < 1.29 is 9.59 Å². The summed E-state index contributed by atoms with van der Waals surface area (Å²) in [6.07, 6.45) is 3.08. The molecule has 2 N–H and O–H groups in total. The number of nitrogens with one attached hydrogen (secondary N) is 2. The first-order valence-corrected chi connectivity index (χ1v) is 7.27. The predicted molar refractivity (Wildman–Crippen MR) is 85.4 cm³/mol. The number of benzene rings is 1. The molecule has 0 fully saturated rings. The average molecular weight is 297 g/mol. The summed E-state index contributed by atoms with van der Waals surface area (Å²) in [7, 11) is 0. The molecular weight excluding hydrogens is 278 g/mol. The van der Waals surface area contributed by atoms with Gasteiger partial charge in [-0.05, 0) is 30.2 Å². The van der Waals surface area contributed by atoms with E-state index in [-0.39, 0.29) is 0 Å². The molecule has 1 aromatic heterocycles. The number of hydrogen-bond donors (Lipinski definition) is 2. The summed E-state index contributed by atoms with van der Waals surface area (Å²) in [6.45, 7) is 2.37. The van der Waals surface area contributed by atoms with Gasteiger partial charge in [0, 0.05) is 30.5 Å². The Bertz CT molecular complexity index is 641. The van der Waals surface area contributed by atoms with Gasteiger partial charge in [-0.3, -0.25) is 14.6 Å². The Morgan fingerprint density at radius 1 is 1.05 bits per heavy atom. The van der Waals surface area contributed by atoms with Gasteiger partial charge in [-0.25, -0.2) is 0 Å². The second-order valence-electron chi connectivity index (χ2n) is 4.79. The Balaban J connectivity index is 1.83. The maximum Gasteiger partial charge on any atom is 0.313 e. The molecule has 0 saturated heterocycles. The van der Waals surface area contributed by atoms with Crippen LogP contribution in [0.3, 0.4) is 0 Å². The summed E-state index contributed by atoms with van der Waals surface area (Å²) in [4.78, 5) is 27.8. The summed E-state index contributed by atoms with van der Waals surface area (Å²) >= 11 is 0. The molecule has 0 unspecified atom stereocenters. The molecule has 0 aliphatic carbocycles. The molecule has 2 rings (SSSR count). The van der Waals surface area contributed by atoms with Crippen LogP contribution in [0.5, 0.6) is 0 Å². The van der Waals surface area contributed by atoms with E-state index in [4.69, 9.17) is 0 Å². The highest BCUT2D eigenvalue weighted by Gasteiger charge is 2.14. The van der Waals surface area contributed by atoms with Crippen LogP contribution in [-0.4, -0.2) is 23.3 Å². The highest BCUT2D eigenvalue weighted by Crippen LogP contribution is 2.15. The number of carbonyl (C=O) groups excluding carboxylic acids is 2. The van der Waals surface area contributed by atoms with Crippen molar-refractivity contribution in [1.82, 2.24) is 10.3 Å². The van der Waals surface area contributed by atoms with E-state index in [1.54, 1.807) is 12.3 Å². The highest BCUT2D eigenvalue weighted by molar-refractivity contribution is 6.39. The molecule has 0 saturated carbocycles. The molecule has 114 valence electrons. The highest BCUT2D eigenvalue weighted by atomic mass is 16.2. The third-order valence-corrected chi connectivity index (χ3v) is 3.25. The molecule has 0 aliphatic heterocycles. The third kappa shape index (κ3) is 4.41. The lowest BCUT2D eigenvalue weighted by molar-refractivity contribution is -0.136. The van der Waals surface area contributed by atoms with Crippen molar-refractivity contribution in [1.29, 1.82) is 0 Å². The number of anilines is 1. The summed E-state index contributed by atoms with van der Waals surface area (Å²) in [5, 5.41) is 5.24. The van der Waals surface area contributed by atoms with E-state index < -0.39 is 11.8 Å². The third-order valence-electron chi connectivity index (χ3n) is 3.25. The van der Waals surface area contributed by atoms with Crippen LogP contribution in [0.2, 0.25) is 0 Å². The first-order chi connectivity index (χ1) is 10.7. The second-order valence-corrected chi connectivity index (χ2v) is 4.79. The fourth-order valence-electron chi connectivity index (χ4n) is 2.06. The van der Waals surface area contributed by atoms with E-state index in [1.807, 2.05) is 43.3 Å². The van der Waals surface area contributed by atoms with E-state index in [0.29, 0.717) is 18.7 Å². The Kier molecular flexibility index (Phi) is 5.65. The minimum absolute atomic E-state index is 0.374. The van der Waals surface area contributed by atoms with Crippen LogP contribution in [0.1, 0.15) is 18.2 Å². The average Bonchev–Trinajstić information content (AvgIpc) is 2.56. The molecule has 1 heterocycles.